The summed E-state index contributed by atoms with van der Waals surface area (Å²) >= 11 is 7.49. The summed E-state index contributed by atoms with van der Waals surface area (Å²) in [5, 5.41) is 2.58. The Morgan fingerprint density at radius 1 is 1.36 bits per heavy atom. The number of urea groups is 1. The number of benzene rings is 1. The van der Waals surface area contributed by atoms with Gasteiger partial charge in [0.2, 0.25) is 0 Å². The number of anilines is 1. The molecule has 0 unspecified atom stereocenters. The fraction of sp³-hybridized carbons (Fsp3) is 0.267. The number of halogens is 3. The van der Waals surface area contributed by atoms with E-state index in [1.807, 2.05) is 6.07 Å². The van der Waals surface area contributed by atoms with E-state index in [-0.39, 0.29) is 17.8 Å². The summed E-state index contributed by atoms with van der Waals surface area (Å²) in [5.74, 6) is -1.94. The fourth-order valence-electron chi connectivity index (χ4n) is 2.61. The molecule has 0 saturated carbocycles. The topological polar surface area (TPSA) is 32.3 Å². The van der Waals surface area contributed by atoms with Gasteiger partial charge in [0.05, 0.1) is 10.4 Å². The second-order valence-electron chi connectivity index (χ2n) is 5.16. The average molecular weight is 343 g/mol. The van der Waals surface area contributed by atoms with Crippen molar-refractivity contribution in [2.45, 2.75) is 18.9 Å². The molecular weight excluding hydrogens is 330 g/mol. The van der Waals surface area contributed by atoms with Gasteiger partial charge in [0.25, 0.3) is 0 Å². The zero-order chi connectivity index (χ0) is 15.9. The molecule has 2 amide bonds. The summed E-state index contributed by atoms with van der Waals surface area (Å²) < 4.78 is 26.8. The molecule has 3 nitrogen and oxygen atoms in total. The fourth-order valence-corrected chi connectivity index (χ4v) is 4.10. The largest absolute Gasteiger partial charge is 0.322 e. The Labute approximate surface area is 135 Å². The molecule has 0 radical (unpaired) electrons. The number of hydrogen-bond acceptors (Lipinski definition) is 2. The number of hydrogen-bond donors (Lipinski definition) is 1. The highest BCUT2D eigenvalue weighted by atomic mass is 35.5. The first-order valence-electron chi connectivity index (χ1n) is 6.72. The van der Waals surface area contributed by atoms with Gasteiger partial charge in [0, 0.05) is 23.7 Å². The van der Waals surface area contributed by atoms with E-state index in [1.54, 1.807) is 11.9 Å². The average Bonchev–Trinajstić information content (AvgIpc) is 3.01. The molecule has 2 aromatic rings. The Kier molecular flexibility index (Phi) is 4.06. The second-order valence-corrected chi connectivity index (χ2v) is 6.88. The molecule has 116 valence electrons. The second kappa shape index (κ2) is 5.85. The summed E-state index contributed by atoms with van der Waals surface area (Å²) in [7, 11) is 1.68. The molecule has 1 aromatic heterocycles. The molecule has 0 aliphatic heterocycles. The Morgan fingerprint density at radius 3 is 2.86 bits per heavy atom. The summed E-state index contributed by atoms with van der Waals surface area (Å²) in [5.41, 5.74) is 1.39. The standard InChI is InChI=1S/C15H13ClF2N2OS/c1-20(12-5-2-8-6-13(16)22-14(8)12)15(21)19-9-3-4-10(17)11(18)7-9/h3-4,6-7,12H,2,5H2,1H3,(H,19,21)/t12-/m0/s1. The van der Waals surface area contributed by atoms with E-state index in [0.29, 0.717) is 4.34 Å². The predicted molar refractivity (Wildman–Crippen MR) is 83.5 cm³/mol. The van der Waals surface area contributed by atoms with Gasteiger partial charge in [0.15, 0.2) is 11.6 Å². The van der Waals surface area contributed by atoms with Crippen LogP contribution in [0.5, 0.6) is 0 Å². The number of nitrogens with zero attached hydrogens (tertiary/aromatic N) is 1. The predicted octanol–water partition coefficient (Wildman–Crippen LogP) is 4.83. The van der Waals surface area contributed by atoms with Crippen molar-refractivity contribution in [3.63, 3.8) is 0 Å². The zero-order valence-corrected chi connectivity index (χ0v) is 13.3. The molecule has 0 bridgehead atoms. The molecule has 1 N–H and O–H groups in total. The van der Waals surface area contributed by atoms with Crippen molar-refractivity contribution < 1.29 is 13.6 Å². The van der Waals surface area contributed by atoms with Gasteiger partial charge in [-0.2, -0.15) is 0 Å². The molecule has 1 atom stereocenters. The van der Waals surface area contributed by atoms with Crippen LogP contribution in [0.4, 0.5) is 19.3 Å². The van der Waals surface area contributed by atoms with Crippen LogP contribution in [0.1, 0.15) is 22.9 Å². The minimum atomic E-state index is -0.992. The summed E-state index contributed by atoms with van der Waals surface area (Å²) in [6.07, 6.45) is 1.71. The van der Waals surface area contributed by atoms with Gasteiger partial charge in [0.1, 0.15) is 0 Å². The number of fused-ring (bicyclic) bond motifs is 1. The van der Waals surface area contributed by atoms with Crippen molar-refractivity contribution in [1.82, 2.24) is 4.90 Å². The zero-order valence-electron chi connectivity index (χ0n) is 11.7. The van der Waals surface area contributed by atoms with Crippen LogP contribution >= 0.6 is 22.9 Å². The van der Waals surface area contributed by atoms with Crippen LogP contribution in [0.15, 0.2) is 24.3 Å². The number of nitrogens with one attached hydrogen (secondary N) is 1. The van der Waals surface area contributed by atoms with Crippen LogP contribution in [-0.4, -0.2) is 18.0 Å². The molecule has 7 heteroatoms. The van der Waals surface area contributed by atoms with Crippen LogP contribution in [-0.2, 0) is 6.42 Å². The molecule has 0 fully saturated rings. The van der Waals surface area contributed by atoms with Crippen molar-refractivity contribution in [2.75, 3.05) is 12.4 Å². The van der Waals surface area contributed by atoms with E-state index < -0.39 is 11.6 Å². The summed E-state index contributed by atoms with van der Waals surface area (Å²) in [4.78, 5) is 14.9. The third-order valence-corrected chi connectivity index (χ3v) is 5.17. The SMILES string of the molecule is CN(C(=O)Nc1ccc(F)c(F)c1)[C@H]1CCc2cc(Cl)sc21. The lowest BCUT2D eigenvalue weighted by Gasteiger charge is -2.24. The lowest BCUT2D eigenvalue weighted by atomic mass is 10.2. The van der Waals surface area contributed by atoms with Gasteiger partial charge in [-0.15, -0.1) is 11.3 Å². The minimum Gasteiger partial charge on any atom is -0.320 e. The van der Waals surface area contributed by atoms with Crippen molar-refractivity contribution in [3.05, 3.63) is 50.7 Å². The molecule has 1 heterocycles. The molecule has 0 spiro atoms. The Hall–Kier alpha value is -1.66. The van der Waals surface area contributed by atoms with E-state index in [4.69, 9.17) is 11.6 Å². The van der Waals surface area contributed by atoms with Gasteiger partial charge >= 0.3 is 6.03 Å². The lowest BCUT2D eigenvalue weighted by Crippen LogP contribution is -2.33. The smallest absolute Gasteiger partial charge is 0.320 e. The van der Waals surface area contributed by atoms with E-state index in [1.165, 1.54) is 23.0 Å². The normalized spacial score (nSPS) is 16.5. The quantitative estimate of drug-likeness (QED) is 0.832. The number of carbonyl (C=O) groups is 1. The first kappa shape index (κ1) is 15.2. The molecule has 1 aliphatic carbocycles. The number of thiophene rings is 1. The highest BCUT2D eigenvalue weighted by Crippen LogP contribution is 2.42. The van der Waals surface area contributed by atoms with E-state index in [9.17, 15) is 13.6 Å². The van der Waals surface area contributed by atoms with Gasteiger partial charge in [-0.05, 0) is 36.6 Å². The summed E-state index contributed by atoms with van der Waals surface area (Å²) in [6.45, 7) is 0. The van der Waals surface area contributed by atoms with E-state index in [0.717, 1.165) is 29.9 Å². The highest BCUT2D eigenvalue weighted by molar-refractivity contribution is 7.16. The van der Waals surface area contributed by atoms with Crippen molar-refractivity contribution in [1.29, 1.82) is 0 Å². The van der Waals surface area contributed by atoms with Crippen LogP contribution in [0, 0.1) is 11.6 Å². The molecule has 1 aliphatic rings. The lowest BCUT2D eigenvalue weighted by molar-refractivity contribution is 0.205. The third kappa shape index (κ3) is 2.80. The third-order valence-electron chi connectivity index (χ3n) is 3.76. The minimum absolute atomic E-state index is 0.0437. The first-order valence-corrected chi connectivity index (χ1v) is 7.92. The monoisotopic (exact) mass is 342 g/mol. The molecular formula is C15H13ClF2N2OS. The van der Waals surface area contributed by atoms with Gasteiger partial charge in [-0.25, -0.2) is 13.6 Å². The molecule has 3 rings (SSSR count). The first-order chi connectivity index (χ1) is 10.5. The molecule has 1 aromatic carbocycles. The van der Waals surface area contributed by atoms with E-state index in [2.05, 4.69) is 5.32 Å². The van der Waals surface area contributed by atoms with Crippen molar-refractivity contribution in [3.8, 4) is 0 Å². The van der Waals surface area contributed by atoms with Gasteiger partial charge < -0.3 is 10.2 Å². The Morgan fingerprint density at radius 2 is 2.14 bits per heavy atom. The van der Waals surface area contributed by atoms with Gasteiger partial charge in [-0.1, -0.05) is 11.6 Å². The van der Waals surface area contributed by atoms with Crippen molar-refractivity contribution in [2.24, 2.45) is 0 Å². The maximum absolute atomic E-state index is 13.2. The molecule has 0 saturated heterocycles. The Balaban J connectivity index is 1.73. The Bertz CT molecular complexity index is 734. The summed E-state index contributed by atoms with van der Waals surface area (Å²) in [6, 6.07) is 4.79. The number of amides is 2. The van der Waals surface area contributed by atoms with Crippen LogP contribution in [0.2, 0.25) is 4.34 Å². The number of aryl methyl sites for hydroxylation is 1. The maximum Gasteiger partial charge on any atom is 0.322 e. The van der Waals surface area contributed by atoms with Crippen molar-refractivity contribution >= 4 is 34.7 Å². The van der Waals surface area contributed by atoms with Crippen LogP contribution < -0.4 is 5.32 Å². The number of rotatable bonds is 2. The van der Waals surface area contributed by atoms with E-state index >= 15 is 0 Å². The van der Waals surface area contributed by atoms with Gasteiger partial charge in [-0.3, -0.25) is 0 Å². The van der Waals surface area contributed by atoms with Crippen LogP contribution in [0.3, 0.4) is 0 Å². The van der Waals surface area contributed by atoms with Crippen LogP contribution in [0.25, 0.3) is 0 Å². The maximum atomic E-state index is 13.2. The molecule has 22 heavy (non-hydrogen) atoms. The highest BCUT2D eigenvalue weighted by Gasteiger charge is 2.30. The number of carbonyl (C=O) groups excluding carboxylic acids is 1.